The first-order valence-electron chi connectivity index (χ1n) is 5.57. The Bertz CT molecular complexity index is 788. The highest BCUT2D eigenvalue weighted by Crippen LogP contribution is 2.18. The molecule has 2 N–H and O–H groups in total. The van der Waals surface area contributed by atoms with Gasteiger partial charge in [0.2, 0.25) is 0 Å². The monoisotopic (exact) mass is 294 g/mol. The fourth-order valence-electron chi connectivity index (χ4n) is 1.85. The Labute approximate surface area is 115 Å². The second-order valence-corrected chi connectivity index (χ2v) is 5.68. The smallest absolute Gasteiger partial charge is 0.247 e. The Hall–Kier alpha value is -2.24. The quantitative estimate of drug-likeness (QED) is 0.908. The third-order valence-electron chi connectivity index (χ3n) is 2.71. The molecule has 0 aliphatic heterocycles. The number of nitriles is 1. The van der Waals surface area contributed by atoms with Gasteiger partial charge in [-0.25, -0.2) is 22.6 Å². The van der Waals surface area contributed by atoms with E-state index in [2.05, 4.69) is 5.10 Å². The van der Waals surface area contributed by atoms with E-state index in [1.54, 1.807) is 6.07 Å². The van der Waals surface area contributed by atoms with E-state index in [4.69, 9.17) is 10.4 Å². The molecule has 2 aromatic rings. The van der Waals surface area contributed by atoms with Crippen LogP contribution in [-0.2, 0) is 16.6 Å². The number of hydrogen-bond acceptors (Lipinski definition) is 4. The summed E-state index contributed by atoms with van der Waals surface area (Å²) in [5.74, 6) is -0.394. The lowest BCUT2D eigenvalue weighted by Crippen LogP contribution is -2.19. The van der Waals surface area contributed by atoms with Crippen molar-refractivity contribution in [1.29, 1.82) is 5.26 Å². The Morgan fingerprint density at radius 2 is 2.00 bits per heavy atom. The average molecular weight is 294 g/mol. The summed E-state index contributed by atoms with van der Waals surface area (Å²) in [4.78, 5) is 0. The van der Waals surface area contributed by atoms with Crippen LogP contribution in [0, 0.1) is 24.1 Å². The molecule has 1 aromatic carbocycles. The highest BCUT2D eigenvalue weighted by Gasteiger charge is 2.24. The molecule has 104 valence electrons. The highest BCUT2D eigenvalue weighted by atomic mass is 32.2. The number of sulfonamides is 1. The zero-order valence-electron chi connectivity index (χ0n) is 10.5. The van der Waals surface area contributed by atoms with E-state index in [1.807, 2.05) is 0 Å². The van der Waals surface area contributed by atoms with Gasteiger partial charge < -0.3 is 0 Å². The highest BCUT2D eigenvalue weighted by molar-refractivity contribution is 7.89. The molecule has 2 rings (SSSR count). The molecule has 1 aromatic heterocycles. The summed E-state index contributed by atoms with van der Waals surface area (Å²) < 4.78 is 37.2. The maximum atomic E-state index is 12.8. The molecule has 0 radical (unpaired) electrons. The second-order valence-electron chi connectivity index (χ2n) is 4.21. The Balaban J connectivity index is 2.53. The summed E-state index contributed by atoms with van der Waals surface area (Å²) in [6, 6.07) is 7.31. The molecule has 1 heterocycles. The number of aryl methyl sites for hydroxylation is 1. The third-order valence-corrected chi connectivity index (χ3v) is 3.66. The molecule has 0 fully saturated rings. The second kappa shape index (κ2) is 5.03. The van der Waals surface area contributed by atoms with Crippen LogP contribution in [0.5, 0.6) is 0 Å². The number of nitrogens with two attached hydrogens (primary N) is 1. The normalized spacial score (nSPS) is 11.3. The van der Waals surface area contributed by atoms with Gasteiger partial charge in [0, 0.05) is 0 Å². The van der Waals surface area contributed by atoms with Crippen molar-refractivity contribution in [2.45, 2.75) is 18.5 Å². The molecule has 6 nitrogen and oxygen atoms in total. The minimum Gasteiger partial charge on any atom is -0.247 e. The van der Waals surface area contributed by atoms with Gasteiger partial charge in [-0.05, 0) is 24.6 Å². The number of rotatable bonds is 3. The predicted octanol–water partition coefficient (Wildman–Crippen LogP) is 0.898. The van der Waals surface area contributed by atoms with Crippen LogP contribution >= 0.6 is 0 Å². The van der Waals surface area contributed by atoms with Crippen LogP contribution in [0.4, 0.5) is 4.39 Å². The number of hydrogen-bond donors (Lipinski definition) is 1. The number of aromatic nitrogens is 2. The largest absolute Gasteiger partial charge is 0.256 e. The van der Waals surface area contributed by atoms with Crippen LogP contribution in [0.3, 0.4) is 0 Å². The molecule has 0 amide bonds. The van der Waals surface area contributed by atoms with E-state index in [0.29, 0.717) is 5.56 Å². The molecular weight excluding hydrogens is 283 g/mol. The molecule has 0 saturated heterocycles. The Morgan fingerprint density at radius 3 is 2.50 bits per heavy atom. The van der Waals surface area contributed by atoms with Crippen LogP contribution in [0.1, 0.15) is 16.8 Å². The first-order chi connectivity index (χ1) is 9.32. The maximum Gasteiger partial charge on any atom is 0.256 e. The molecule has 20 heavy (non-hydrogen) atoms. The standard InChI is InChI=1S/C12H11FN4O2S/c1-8-11(6-14)12(20(15,18)19)17(16-8)7-9-2-4-10(13)5-3-9/h2-5H,7H2,1H3,(H2,15,18,19). The van der Waals surface area contributed by atoms with Gasteiger partial charge in [0.1, 0.15) is 17.4 Å². The van der Waals surface area contributed by atoms with Crippen molar-refractivity contribution in [1.82, 2.24) is 9.78 Å². The van der Waals surface area contributed by atoms with E-state index in [0.717, 1.165) is 4.68 Å². The number of nitrogens with zero attached hydrogens (tertiary/aromatic N) is 3. The molecule has 0 spiro atoms. The Kier molecular flexibility index (Phi) is 3.57. The molecule has 8 heteroatoms. The van der Waals surface area contributed by atoms with Crippen LogP contribution < -0.4 is 5.14 Å². The molecule has 0 atom stereocenters. The number of halogens is 1. The van der Waals surface area contributed by atoms with Gasteiger partial charge in [-0.3, -0.25) is 0 Å². The van der Waals surface area contributed by atoms with Crippen molar-refractivity contribution < 1.29 is 12.8 Å². The molecule has 0 bridgehead atoms. The Morgan fingerprint density at radius 1 is 1.40 bits per heavy atom. The van der Waals surface area contributed by atoms with Gasteiger partial charge >= 0.3 is 0 Å². The van der Waals surface area contributed by atoms with Crippen molar-refractivity contribution in [2.24, 2.45) is 5.14 Å². The summed E-state index contributed by atoms with van der Waals surface area (Å²) in [5, 5.41) is 17.8. The van der Waals surface area contributed by atoms with Gasteiger partial charge in [-0.2, -0.15) is 10.4 Å². The van der Waals surface area contributed by atoms with Crippen LogP contribution in [0.15, 0.2) is 29.3 Å². The van der Waals surface area contributed by atoms with Crippen LogP contribution in [-0.4, -0.2) is 18.2 Å². The van der Waals surface area contributed by atoms with Crippen molar-refractivity contribution >= 4 is 10.0 Å². The zero-order chi connectivity index (χ0) is 14.9. The summed E-state index contributed by atoms with van der Waals surface area (Å²) in [5.41, 5.74) is 0.844. The zero-order valence-corrected chi connectivity index (χ0v) is 11.4. The van der Waals surface area contributed by atoms with Crippen molar-refractivity contribution in [3.05, 3.63) is 46.9 Å². The van der Waals surface area contributed by atoms with Gasteiger partial charge in [0.15, 0.2) is 5.03 Å². The summed E-state index contributed by atoms with van der Waals surface area (Å²) in [6.45, 7) is 1.60. The molecule has 0 aliphatic rings. The lowest BCUT2D eigenvalue weighted by Gasteiger charge is -2.06. The fourth-order valence-corrected chi connectivity index (χ4v) is 2.73. The van der Waals surface area contributed by atoms with Gasteiger partial charge in [-0.1, -0.05) is 12.1 Å². The number of primary sulfonamides is 1. The topological polar surface area (TPSA) is 102 Å². The molecule has 0 saturated carbocycles. The molecular formula is C12H11FN4O2S. The first-order valence-corrected chi connectivity index (χ1v) is 7.12. The van der Waals surface area contributed by atoms with E-state index >= 15 is 0 Å². The average Bonchev–Trinajstić information content (AvgIpc) is 2.67. The van der Waals surface area contributed by atoms with Gasteiger partial charge in [0.05, 0.1) is 12.2 Å². The minimum absolute atomic E-state index is 0.0744. The van der Waals surface area contributed by atoms with Crippen molar-refractivity contribution in [3.63, 3.8) is 0 Å². The summed E-state index contributed by atoms with van der Waals surface area (Å²) in [7, 11) is -4.08. The van der Waals surface area contributed by atoms with Crippen LogP contribution in [0.25, 0.3) is 0 Å². The molecule has 0 unspecified atom stereocenters. The lowest BCUT2D eigenvalue weighted by molar-refractivity contribution is 0.562. The maximum absolute atomic E-state index is 12.8. The van der Waals surface area contributed by atoms with E-state index in [-0.39, 0.29) is 22.8 Å². The minimum atomic E-state index is -4.08. The first kappa shape index (κ1) is 14.2. The van der Waals surface area contributed by atoms with Crippen molar-refractivity contribution in [2.75, 3.05) is 0 Å². The van der Waals surface area contributed by atoms with E-state index < -0.39 is 15.8 Å². The summed E-state index contributed by atoms with van der Waals surface area (Å²) in [6.07, 6.45) is 0. The number of benzene rings is 1. The third kappa shape index (κ3) is 2.68. The fraction of sp³-hybridized carbons (Fsp3) is 0.167. The van der Waals surface area contributed by atoms with Crippen LogP contribution in [0.2, 0.25) is 0 Å². The van der Waals surface area contributed by atoms with E-state index in [1.165, 1.54) is 31.2 Å². The lowest BCUT2D eigenvalue weighted by atomic mass is 10.2. The predicted molar refractivity (Wildman–Crippen MR) is 68.6 cm³/mol. The SMILES string of the molecule is Cc1nn(Cc2ccc(F)cc2)c(S(N)(=O)=O)c1C#N. The van der Waals surface area contributed by atoms with E-state index in [9.17, 15) is 12.8 Å². The summed E-state index contributed by atoms with van der Waals surface area (Å²) >= 11 is 0. The molecule has 0 aliphatic carbocycles. The van der Waals surface area contributed by atoms with Gasteiger partial charge in [-0.15, -0.1) is 0 Å². The van der Waals surface area contributed by atoms with Crippen molar-refractivity contribution in [3.8, 4) is 6.07 Å². The van der Waals surface area contributed by atoms with Gasteiger partial charge in [0.25, 0.3) is 10.0 Å².